The molecule has 1 N–H and O–H groups in total. The molecule has 8 heteroatoms. The number of amides is 2. The first-order valence-electron chi connectivity index (χ1n) is 10.9. The molecule has 1 atom stereocenters. The summed E-state index contributed by atoms with van der Waals surface area (Å²) in [6, 6.07) is 12.7. The Morgan fingerprint density at radius 1 is 1.03 bits per heavy atom. The number of fused-ring (bicyclic) bond motifs is 1. The number of methoxy groups -OCH3 is 2. The van der Waals surface area contributed by atoms with Crippen LogP contribution >= 0.6 is 0 Å². The molecule has 2 aliphatic heterocycles. The molecule has 0 unspecified atom stereocenters. The van der Waals surface area contributed by atoms with Crippen molar-refractivity contribution in [2.24, 2.45) is 0 Å². The number of para-hydroxylation sites is 2. The number of rotatable bonds is 6. The van der Waals surface area contributed by atoms with E-state index in [4.69, 9.17) is 14.2 Å². The molecule has 8 nitrogen and oxygen atoms in total. The SMILES string of the molecule is COc1ccc(NC(=O)CN2C[C@@H](C(=O)N3CCCCC3)Oc3ccccc32)cc1OC. The van der Waals surface area contributed by atoms with Crippen LogP contribution in [-0.2, 0) is 9.59 Å². The van der Waals surface area contributed by atoms with E-state index in [1.54, 1.807) is 32.4 Å². The van der Waals surface area contributed by atoms with Gasteiger partial charge in [0.05, 0.1) is 33.0 Å². The van der Waals surface area contributed by atoms with Gasteiger partial charge < -0.3 is 29.3 Å². The van der Waals surface area contributed by atoms with Crippen molar-refractivity contribution in [3.05, 3.63) is 42.5 Å². The zero-order chi connectivity index (χ0) is 22.5. The summed E-state index contributed by atoms with van der Waals surface area (Å²) >= 11 is 0. The molecule has 2 aliphatic rings. The molecular weight excluding hydrogens is 410 g/mol. The first-order chi connectivity index (χ1) is 15.6. The number of likely N-dealkylation sites (tertiary alicyclic amines) is 1. The number of benzene rings is 2. The second-order valence-corrected chi connectivity index (χ2v) is 7.96. The first-order valence-corrected chi connectivity index (χ1v) is 10.9. The lowest BCUT2D eigenvalue weighted by Gasteiger charge is -2.38. The highest BCUT2D eigenvalue weighted by atomic mass is 16.5. The van der Waals surface area contributed by atoms with Crippen LogP contribution in [0.15, 0.2) is 42.5 Å². The van der Waals surface area contributed by atoms with Crippen LogP contribution in [0.5, 0.6) is 17.2 Å². The van der Waals surface area contributed by atoms with Gasteiger partial charge in [-0.3, -0.25) is 9.59 Å². The van der Waals surface area contributed by atoms with Crippen molar-refractivity contribution in [2.75, 3.05) is 50.6 Å². The maximum Gasteiger partial charge on any atom is 0.265 e. The van der Waals surface area contributed by atoms with Gasteiger partial charge in [0, 0.05) is 24.8 Å². The highest BCUT2D eigenvalue weighted by Gasteiger charge is 2.34. The summed E-state index contributed by atoms with van der Waals surface area (Å²) in [6.07, 6.45) is 2.57. The smallest absolute Gasteiger partial charge is 0.265 e. The van der Waals surface area contributed by atoms with Crippen LogP contribution < -0.4 is 24.4 Å². The number of carbonyl (C=O) groups excluding carboxylic acids is 2. The van der Waals surface area contributed by atoms with Crippen molar-refractivity contribution in [1.29, 1.82) is 0 Å². The summed E-state index contributed by atoms with van der Waals surface area (Å²) in [4.78, 5) is 29.7. The van der Waals surface area contributed by atoms with Gasteiger partial charge in [-0.05, 0) is 43.5 Å². The monoisotopic (exact) mass is 439 g/mol. The summed E-state index contributed by atoms with van der Waals surface area (Å²) in [6.45, 7) is 1.95. The number of anilines is 2. The Kier molecular flexibility index (Phi) is 6.68. The van der Waals surface area contributed by atoms with Crippen molar-refractivity contribution in [3.63, 3.8) is 0 Å². The van der Waals surface area contributed by atoms with E-state index in [1.165, 1.54) is 0 Å². The molecule has 2 amide bonds. The summed E-state index contributed by atoms with van der Waals surface area (Å²) in [5, 5.41) is 2.90. The van der Waals surface area contributed by atoms with Crippen molar-refractivity contribution < 1.29 is 23.8 Å². The van der Waals surface area contributed by atoms with Crippen molar-refractivity contribution in [2.45, 2.75) is 25.4 Å². The predicted octanol–water partition coefficient (Wildman–Crippen LogP) is 2.92. The van der Waals surface area contributed by atoms with E-state index in [0.717, 1.165) is 38.0 Å². The fourth-order valence-corrected chi connectivity index (χ4v) is 4.19. The zero-order valence-corrected chi connectivity index (χ0v) is 18.5. The molecule has 0 bridgehead atoms. The summed E-state index contributed by atoms with van der Waals surface area (Å²) < 4.78 is 16.6. The lowest BCUT2D eigenvalue weighted by Crippen LogP contribution is -2.52. The van der Waals surface area contributed by atoms with Gasteiger partial charge in [0.25, 0.3) is 5.91 Å². The molecule has 0 aliphatic carbocycles. The number of nitrogens with zero attached hydrogens (tertiary/aromatic N) is 2. The van der Waals surface area contributed by atoms with Crippen molar-refractivity contribution in [1.82, 2.24) is 4.90 Å². The topological polar surface area (TPSA) is 80.3 Å². The number of piperidine rings is 1. The average Bonchev–Trinajstić information content (AvgIpc) is 2.83. The standard InChI is InChI=1S/C24H29N3O5/c1-30-20-11-10-17(14-21(20)31-2)25-23(28)16-27-15-22(24(29)26-12-6-3-7-13-26)32-19-9-5-4-8-18(19)27/h4-5,8-11,14,22H,3,6-7,12-13,15-16H2,1-2H3,(H,25,28)/t22-/m0/s1. The van der Waals surface area contributed by atoms with E-state index >= 15 is 0 Å². The molecular formula is C24H29N3O5. The van der Waals surface area contributed by atoms with E-state index in [0.29, 0.717) is 29.5 Å². The molecule has 4 rings (SSSR count). The predicted molar refractivity (Wildman–Crippen MR) is 122 cm³/mol. The minimum Gasteiger partial charge on any atom is -0.493 e. The van der Waals surface area contributed by atoms with Gasteiger partial charge in [-0.25, -0.2) is 0 Å². The third-order valence-corrected chi connectivity index (χ3v) is 5.81. The molecule has 2 aromatic carbocycles. The normalized spacial score (nSPS) is 17.8. The van der Waals surface area contributed by atoms with Crippen LogP contribution in [0.2, 0.25) is 0 Å². The Morgan fingerprint density at radius 2 is 1.78 bits per heavy atom. The van der Waals surface area contributed by atoms with Crippen LogP contribution in [0.3, 0.4) is 0 Å². The van der Waals surface area contributed by atoms with Crippen LogP contribution in [0.25, 0.3) is 0 Å². The number of ether oxygens (including phenoxy) is 3. The van der Waals surface area contributed by atoms with E-state index < -0.39 is 6.10 Å². The van der Waals surface area contributed by atoms with Crippen molar-refractivity contribution in [3.8, 4) is 17.2 Å². The quantitative estimate of drug-likeness (QED) is 0.746. The Bertz CT molecular complexity index is 974. The molecule has 1 fully saturated rings. The Balaban J connectivity index is 1.47. The lowest BCUT2D eigenvalue weighted by atomic mass is 10.1. The lowest BCUT2D eigenvalue weighted by molar-refractivity contribution is -0.139. The highest BCUT2D eigenvalue weighted by Crippen LogP contribution is 2.34. The van der Waals surface area contributed by atoms with E-state index in [9.17, 15) is 9.59 Å². The molecule has 0 aromatic heterocycles. The summed E-state index contributed by atoms with van der Waals surface area (Å²) in [7, 11) is 3.11. The molecule has 0 saturated carbocycles. The molecule has 1 saturated heterocycles. The average molecular weight is 440 g/mol. The molecule has 2 aromatic rings. The largest absolute Gasteiger partial charge is 0.493 e. The Hall–Kier alpha value is -3.42. The Morgan fingerprint density at radius 3 is 2.53 bits per heavy atom. The molecule has 0 spiro atoms. The van der Waals surface area contributed by atoms with Crippen molar-refractivity contribution >= 4 is 23.2 Å². The second kappa shape index (κ2) is 9.80. The maximum absolute atomic E-state index is 13.1. The molecule has 170 valence electrons. The van der Waals surface area contributed by atoms with Crippen LogP contribution in [-0.4, -0.2) is 63.2 Å². The molecule has 2 heterocycles. The van der Waals surface area contributed by atoms with Gasteiger partial charge in [0.2, 0.25) is 5.91 Å². The van der Waals surface area contributed by atoms with Crippen LogP contribution in [0, 0.1) is 0 Å². The van der Waals surface area contributed by atoms with E-state index in [-0.39, 0.29) is 18.4 Å². The number of nitrogens with one attached hydrogen (secondary N) is 1. The summed E-state index contributed by atoms with van der Waals surface area (Å²) in [5.74, 6) is 1.54. The number of hydrogen-bond donors (Lipinski definition) is 1. The van der Waals surface area contributed by atoms with Gasteiger partial charge in [-0.2, -0.15) is 0 Å². The number of carbonyl (C=O) groups is 2. The molecule has 0 radical (unpaired) electrons. The van der Waals surface area contributed by atoms with Gasteiger partial charge >= 0.3 is 0 Å². The summed E-state index contributed by atoms with van der Waals surface area (Å²) in [5.41, 5.74) is 1.41. The fraction of sp³-hybridized carbons (Fsp3) is 0.417. The highest BCUT2D eigenvalue weighted by molar-refractivity contribution is 5.95. The van der Waals surface area contributed by atoms with Gasteiger partial charge in [0.15, 0.2) is 17.6 Å². The van der Waals surface area contributed by atoms with Crippen LogP contribution in [0.1, 0.15) is 19.3 Å². The third-order valence-electron chi connectivity index (χ3n) is 5.81. The van der Waals surface area contributed by atoms with Gasteiger partial charge in [0.1, 0.15) is 5.75 Å². The van der Waals surface area contributed by atoms with E-state index in [2.05, 4.69) is 5.32 Å². The van der Waals surface area contributed by atoms with Gasteiger partial charge in [-0.1, -0.05) is 12.1 Å². The number of hydrogen-bond acceptors (Lipinski definition) is 6. The minimum absolute atomic E-state index is 0.00972. The molecule has 32 heavy (non-hydrogen) atoms. The first kappa shape index (κ1) is 21.8. The second-order valence-electron chi connectivity index (χ2n) is 7.96. The maximum atomic E-state index is 13.1. The zero-order valence-electron chi connectivity index (χ0n) is 18.5. The Labute approximate surface area is 188 Å². The van der Waals surface area contributed by atoms with Crippen LogP contribution in [0.4, 0.5) is 11.4 Å². The van der Waals surface area contributed by atoms with E-state index in [1.807, 2.05) is 34.1 Å². The van der Waals surface area contributed by atoms with Gasteiger partial charge in [-0.15, -0.1) is 0 Å². The minimum atomic E-state index is -0.628. The fourth-order valence-electron chi connectivity index (χ4n) is 4.19. The third kappa shape index (κ3) is 4.74.